The Bertz CT molecular complexity index is 1010. The molecule has 0 bridgehead atoms. The van der Waals surface area contributed by atoms with Crippen LogP contribution in [0.5, 0.6) is 0 Å². The largest absolute Gasteiger partial charge is 1.00 e. The van der Waals surface area contributed by atoms with Crippen LogP contribution in [0.2, 0.25) is 5.28 Å². The van der Waals surface area contributed by atoms with Gasteiger partial charge in [0.25, 0.3) is 0 Å². The van der Waals surface area contributed by atoms with E-state index in [-0.39, 0.29) is 95.1 Å². The summed E-state index contributed by atoms with van der Waals surface area (Å²) in [5.74, 6) is 0.0377. The standard InChI is InChI=1S/C12H14ClN6O5S2.2Na/c1-25(20,21)15-6-5-14-11-17-10(13)18-12(19-11)16-8-3-2-4-9(7-8)26(22,23)24;;/h2,4,7,15H,5-6H2,1H3,(H,22,23,24)(H2,14,16,17,18,19);;/q-1;2*+1/p-1. The van der Waals surface area contributed by atoms with Crippen molar-refractivity contribution in [3.05, 3.63) is 29.5 Å². The average Bonchev–Trinajstić information content (AvgIpc) is 2.50. The second kappa shape index (κ2) is 12.0. The maximum absolute atomic E-state index is 11.0. The maximum atomic E-state index is 11.0. The van der Waals surface area contributed by atoms with Crippen molar-refractivity contribution in [2.45, 2.75) is 4.90 Å². The van der Waals surface area contributed by atoms with Crippen molar-refractivity contribution < 1.29 is 80.5 Å². The molecule has 2 rings (SSSR count). The molecule has 0 saturated carbocycles. The molecule has 1 aromatic heterocycles. The number of aromatic nitrogens is 3. The summed E-state index contributed by atoms with van der Waals surface area (Å²) in [4.78, 5) is 11.2. The van der Waals surface area contributed by atoms with Crippen LogP contribution in [0.4, 0.5) is 17.6 Å². The van der Waals surface area contributed by atoms with Crippen molar-refractivity contribution in [2.75, 3.05) is 30.0 Å². The zero-order valence-corrected chi connectivity index (χ0v) is 21.6. The Balaban J connectivity index is 0.00000364. The van der Waals surface area contributed by atoms with Gasteiger partial charge >= 0.3 is 59.1 Å². The van der Waals surface area contributed by atoms with Gasteiger partial charge in [-0.05, 0) is 11.6 Å². The van der Waals surface area contributed by atoms with Gasteiger partial charge in [-0.2, -0.15) is 33.2 Å². The molecule has 0 atom stereocenters. The molecule has 0 aliphatic heterocycles. The summed E-state index contributed by atoms with van der Waals surface area (Å²) in [5, 5.41) is 5.25. The van der Waals surface area contributed by atoms with Crippen molar-refractivity contribution in [2.24, 2.45) is 0 Å². The first-order valence-electron chi connectivity index (χ1n) is 6.88. The number of hydrogen-bond acceptors (Lipinski definition) is 10. The molecule has 16 heteroatoms. The molecule has 28 heavy (non-hydrogen) atoms. The van der Waals surface area contributed by atoms with Crippen LogP contribution in [0.25, 0.3) is 0 Å². The van der Waals surface area contributed by atoms with E-state index >= 15 is 0 Å². The third-order valence-corrected chi connectivity index (χ3v) is 4.42. The van der Waals surface area contributed by atoms with Crippen LogP contribution in [0.1, 0.15) is 0 Å². The average molecular weight is 467 g/mol. The number of benzene rings is 1. The smallest absolute Gasteiger partial charge is 0.746 e. The Kier molecular flexibility index (Phi) is 11.9. The van der Waals surface area contributed by atoms with Gasteiger partial charge in [-0.1, -0.05) is 10.6 Å². The monoisotopic (exact) mass is 466 g/mol. The minimum atomic E-state index is -4.62. The molecule has 0 saturated heterocycles. The number of nitrogens with one attached hydrogen (secondary N) is 3. The zero-order valence-electron chi connectivity index (χ0n) is 15.2. The summed E-state index contributed by atoms with van der Waals surface area (Å²) in [6.45, 7) is 0.283. The summed E-state index contributed by atoms with van der Waals surface area (Å²) in [5.41, 5.74) is 0.133. The van der Waals surface area contributed by atoms with Crippen LogP contribution >= 0.6 is 11.6 Å². The number of anilines is 3. The first kappa shape index (κ1) is 27.9. The summed E-state index contributed by atoms with van der Waals surface area (Å²) in [6.07, 6.45) is 1.03. The second-order valence-corrected chi connectivity index (χ2v) is 8.41. The number of nitrogens with zero attached hydrogens (tertiary/aromatic N) is 3. The summed E-state index contributed by atoms with van der Waals surface area (Å²) >= 11 is 5.80. The molecule has 0 amide bonds. The molecule has 0 radical (unpaired) electrons. The van der Waals surface area contributed by atoms with Crippen molar-refractivity contribution in [1.29, 1.82) is 0 Å². The van der Waals surface area contributed by atoms with E-state index in [0.717, 1.165) is 18.4 Å². The van der Waals surface area contributed by atoms with Gasteiger partial charge in [0.05, 0.1) is 6.26 Å². The molecule has 142 valence electrons. The first-order valence-corrected chi connectivity index (χ1v) is 10.6. The maximum Gasteiger partial charge on any atom is 1.00 e. The molecular weight excluding hydrogens is 454 g/mol. The fourth-order valence-corrected chi connectivity index (χ4v) is 2.82. The van der Waals surface area contributed by atoms with Gasteiger partial charge in [0.2, 0.25) is 27.2 Å². The van der Waals surface area contributed by atoms with E-state index in [2.05, 4.69) is 36.4 Å². The molecule has 0 aliphatic rings. The zero-order chi connectivity index (χ0) is 19.4. The molecule has 0 unspecified atom stereocenters. The van der Waals surface area contributed by atoms with Gasteiger partial charge in [0.1, 0.15) is 10.1 Å². The SMILES string of the molecule is CS(=O)(=O)NCCNc1nc(Cl)nc(Nc2[c-]ccc(S(=O)(=O)[O-])c2)n1.[Na+].[Na+]. The quantitative estimate of drug-likeness (QED) is 0.147. The van der Waals surface area contributed by atoms with E-state index in [9.17, 15) is 21.4 Å². The normalized spacial score (nSPS) is 11.1. The van der Waals surface area contributed by atoms with Crippen LogP contribution < -0.4 is 74.5 Å². The molecule has 1 aromatic carbocycles. The number of halogens is 1. The molecule has 11 nitrogen and oxygen atoms in total. The topological polar surface area (TPSA) is 166 Å². The summed E-state index contributed by atoms with van der Waals surface area (Å²) in [6, 6.07) is 6.12. The van der Waals surface area contributed by atoms with Crippen LogP contribution in [0, 0.1) is 6.07 Å². The molecule has 0 fully saturated rings. The molecule has 3 N–H and O–H groups in total. The number of sulfonamides is 1. The van der Waals surface area contributed by atoms with Crippen molar-refractivity contribution in [3.8, 4) is 0 Å². The predicted molar refractivity (Wildman–Crippen MR) is 92.7 cm³/mol. The molecule has 0 spiro atoms. The molecule has 1 heterocycles. The van der Waals surface area contributed by atoms with E-state index in [1.54, 1.807) is 0 Å². The minimum absolute atomic E-state index is 0. The molecule has 2 aromatic rings. The Labute approximate surface area is 211 Å². The Morgan fingerprint density at radius 3 is 2.36 bits per heavy atom. The van der Waals surface area contributed by atoms with Crippen LogP contribution in [-0.2, 0) is 20.1 Å². The van der Waals surface area contributed by atoms with Crippen molar-refractivity contribution in [3.63, 3.8) is 0 Å². The van der Waals surface area contributed by atoms with Gasteiger partial charge in [-0.25, -0.2) is 21.6 Å². The summed E-state index contributed by atoms with van der Waals surface area (Å²) < 4.78 is 57.4. The van der Waals surface area contributed by atoms with E-state index < -0.39 is 25.0 Å². The van der Waals surface area contributed by atoms with Crippen molar-refractivity contribution >= 4 is 49.3 Å². The van der Waals surface area contributed by atoms with E-state index in [1.165, 1.54) is 6.07 Å². The van der Waals surface area contributed by atoms with Gasteiger partial charge in [-0.15, -0.1) is 6.07 Å². The number of hydrogen-bond donors (Lipinski definition) is 3. The van der Waals surface area contributed by atoms with E-state index in [0.29, 0.717) is 0 Å². The molecule has 0 aliphatic carbocycles. The van der Waals surface area contributed by atoms with Crippen LogP contribution in [0.15, 0.2) is 23.1 Å². The third-order valence-electron chi connectivity index (χ3n) is 2.69. The van der Waals surface area contributed by atoms with E-state index in [4.69, 9.17) is 11.6 Å². The number of rotatable bonds is 8. The van der Waals surface area contributed by atoms with E-state index in [1.807, 2.05) is 0 Å². The Hall–Kier alpha value is -0.0600. The van der Waals surface area contributed by atoms with Crippen LogP contribution in [0.3, 0.4) is 0 Å². The minimum Gasteiger partial charge on any atom is -0.746 e. The third kappa shape index (κ3) is 10.1. The van der Waals surface area contributed by atoms with Crippen molar-refractivity contribution in [1.82, 2.24) is 19.7 Å². The fraction of sp³-hybridized carbons (Fsp3) is 0.250. The van der Waals surface area contributed by atoms with Gasteiger partial charge in [0, 0.05) is 13.1 Å². The summed E-state index contributed by atoms with van der Waals surface area (Å²) in [7, 11) is -7.93. The Morgan fingerprint density at radius 2 is 1.75 bits per heavy atom. The second-order valence-electron chi connectivity index (χ2n) is 4.86. The van der Waals surface area contributed by atoms with Gasteiger partial charge in [0.15, 0.2) is 0 Å². The van der Waals surface area contributed by atoms with Crippen LogP contribution in [-0.4, -0.2) is 55.7 Å². The Morgan fingerprint density at radius 1 is 1.11 bits per heavy atom. The van der Waals surface area contributed by atoms with Gasteiger partial charge in [-0.3, -0.25) is 0 Å². The van der Waals surface area contributed by atoms with Gasteiger partial charge < -0.3 is 15.2 Å². The fourth-order valence-electron chi connectivity index (χ4n) is 1.69. The molecular formula is C12H13ClN6Na2O5S2. The predicted octanol–water partition coefficient (Wildman–Crippen LogP) is -6.06. The first-order chi connectivity index (χ1) is 12.0.